The average molecular weight is 438 g/mol. The van der Waals surface area contributed by atoms with E-state index in [4.69, 9.17) is 14.5 Å². The minimum atomic E-state index is -0.354. The Morgan fingerprint density at radius 3 is 2.68 bits per heavy atom. The van der Waals surface area contributed by atoms with Gasteiger partial charge in [-0.05, 0) is 37.6 Å². The number of carbonyl (C=O) groups is 1. The lowest BCUT2D eigenvalue weighted by Gasteiger charge is -2.11. The summed E-state index contributed by atoms with van der Waals surface area (Å²) in [6, 6.07) is 15.2. The number of aromatic hydroxyl groups is 1. The molecule has 0 unspecified atom stereocenters. The van der Waals surface area contributed by atoms with Crippen molar-refractivity contribution in [2.45, 2.75) is 20.4 Å². The second-order valence-corrected chi connectivity index (χ2v) is 7.87. The molecule has 0 aliphatic rings. The van der Waals surface area contributed by atoms with E-state index in [1.807, 2.05) is 47.7 Å². The number of nitrogens with one attached hydrogen (secondary N) is 1. The zero-order chi connectivity index (χ0) is 22.0. The van der Waals surface area contributed by atoms with Gasteiger partial charge in [0.2, 0.25) is 0 Å². The van der Waals surface area contributed by atoms with Crippen LogP contribution in [0.2, 0.25) is 0 Å². The first kappa shape index (κ1) is 20.7. The minimum Gasteiger partial charge on any atom is -0.504 e. The fourth-order valence-corrected chi connectivity index (χ4v) is 4.44. The van der Waals surface area contributed by atoms with Gasteiger partial charge in [-0.2, -0.15) is 0 Å². The molecule has 4 aromatic rings. The molecule has 0 aliphatic heterocycles. The van der Waals surface area contributed by atoms with Crippen LogP contribution in [0.4, 0.5) is 5.82 Å². The van der Waals surface area contributed by atoms with Gasteiger partial charge in [0.15, 0.2) is 16.5 Å². The van der Waals surface area contributed by atoms with Gasteiger partial charge in [-0.15, -0.1) is 0 Å². The molecule has 2 aromatic carbocycles. The van der Waals surface area contributed by atoms with E-state index in [0.29, 0.717) is 34.4 Å². The van der Waals surface area contributed by atoms with E-state index >= 15 is 0 Å². The first-order chi connectivity index (χ1) is 15.0. The lowest BCUT2D eigenvalue weighted by atomic mass is 10.1. The Morgan fingerprint density at radius 2 is 2.00 bits per heavy atom. The van der Waals surface area contributed by atoms with Crippen LogP contribution in [-0.4, -0.2) is 34.2 Å². The van der Waals surface area contributed by atoms with Gasteiger partial charge < -0.3 is 19.9 Å². The molecule has 0 aliphatic carbocycles. The van der Waals surface area contributed by atoms with Crippen molar-refractivity contribution in [2.75, 3.05) is 19.0 Å². The Hall–Kier alpha value is -3.52. The number of ether oxygens (including phenoxy) is 2. The monoisotopic (exact) mass is 437 g/mol. The molecule has 2 heterocycles. The van der Waals surface area contributed by atoms with Gasteiger partial charge in [0.05, 0.1) is 13.7 Å². The molecule has 160 valence electrons. The lowest BCUT2D eigenvalue weighted by Crippen LogP contribution is -2.07. The Morgan fingerprint density at radius 1 is 1.23 bits per heavy atom. The van der Waals surface area contributed by atoms with Crippen LogP contribution in [0.5, 0.6) is 11.5 Å². The van der Waals surface area contributed by atoms with Crippen molar-refractivity contribution in [1.82, 2.24) is 9.38 Å². The van der Waals surface area contributed by atoms with E-state index in [9.17, 15) is 9.90 Å². The van der Waals surface area contributed by atoms with Gasteiger partial charge in [-0.3, -0.25) is 4.40 Å². The first-order valence-corrected chi connectivity index (χ1v) is 10.7. The molecule has 0 spiro atoms. The Bertz CT molecular complexity index is 1230. The summed E-state index contributed by atoms with van der Waals surface area (Å²) < 4.78 is 12.3. The highest BCUT2D eigenvalue weighted by atomic mass is 32.1. The molecular weight excluding hydrogens is 414 g/mol. The number of phenolic OH excluding ortho intramolecular Hbond substituents is 1. The van der Waals surface area contributed by atoms with Gasteiger partial charge in [0, 0.05) is 17.8 Å². The van der Waals surface area contributed by atoms with Gasteiger partial charge in [-0.1, -0.05) is 41.7 Å². The number of rotatable bonds is 7. The summed E-state index contributed by atoms with van der Waals surface area (Å²) in [4.78, 5) is 18.3. The molecule has 0 fully saturated rings. The molecule has 2 aromatic heterocycles. The number of thiazole rings is 1. The Balaban J connectivity index is 1.82. The number of phenols is 1. The van der Waals surface area contributed by atoms with Crippen molar-refractivity contribution < 1.29 is 19.4 Å². The normalized spacial score (nSPS) is 10.9. The number of carbonyl (C=O) groups excluding carboxylic acids is 1. The number of methoxy groups -OCH3 is 1. The van der Waals surface area contributed by atoms with Crippen LogP contribution in [0.15, 0.2) is 48.5 Å². The molecular formula is C23H23N3O4S. The number of nitrogens with zero attached hydrogens (tertiary/aromatic N) is 2. The highest BCUT2D eigenvalue weighted by Gasteiger charge is 2.24. The number of fused-ring (bicyclic) bond motifs is 1. The third kappa shape index (κ3) is 3.94. The summed E-state index contributed by atoms with van der Waals surface area (Å²) in [6.07, 6.45) is 0. The maximum Gasteiger partial charge on any atom is 0.350 e. The molecule has 31 heavy (non-hydrogen) atoms. The summed E-state index contributed by atoms with van der Waals surface area (Å²) in [5, 5.41) is 13.7. The summed E-state index contributed by atoms with van der Waals surface area (Å²) in [5.74, 6) is 0.819. The average Bonchev–Trinajstić information content (AvgIpc) is 3.30. The molecule has 8 heteroatoms. The smallest absolute Gasteiger partial charge is 0.350 e. The van der Waals surface area contributed by atoms with Crippen LogP contribution in [0, 0.1) is 6.92 Å². The first-order valence-electron chi connectivity index (χ1n) is 9.87. The van der Waals surface area contributed by atoms with Crippen molar-refractivity contribution in [3.05, 3.63) is 64.7 Å². The molecule has 4 rings (SSSR count). The van der Waals surface area contributed by atoms with Crippen LogP contribution in [-0.2, 0) is 11.3 Å². The maximum absolute atomic E-state index is 12.4. The number of anilines is 1. The Kier molecular flexibility index (Phi) is 5.81. The zero-order valence-electron chi connectivity index (χ0n) is 17.5. The summed E-state index contributed by atoms with van der Waals surface area (Å²) in [5.41, 5.74) is 3.28. The van der Waals surface area contributed by atoms with E-state index in [1.54, 1.807) is 19.1 Å². The molecule has 0 bridgehead atoms. The summed E-state index contributed by atoms with van der Waals surface area (Å²) in [7, 11) is 1.51. The van der Waals surface area contributed by atoms with Gasteiger partial charge >= 0.3 is 5.97 Å². The van der Waals surface area contributed by atoms with E-state index in [1.165, 1.54) is 18.4 Å². The number of imidazole rings is 1. The molecule has 0 saturated carbocycles. The van der Waals surface area contributed by atoms with Crippen LogP contribution in [0.1, 0.15) is 27.9 Å². The number of hydrogen-bond donors (Lipinski definition) is 2. The van der Waals surface area contributed by atoms with Crippen LogP contribution in [0.25, 0.3) is 16.2 Å². The number of hydrogen-bond acceptors (Lipinski definition) is 7. The van der Waals surface area contributed by atoms with Crippen LogP contribution >= 0.6 is 11.3 Å². The van der Waals surface area contributed by atoms with Crippen LogP contribution in [0.3, 0.4) is 0 Å². The molecule has 0 amide bonds. The summed E-state index contributed by atoms with van der Waals surface area (Å²) in [6.45, 7) is 4.55. The van der Waals surface area contributed by atoms with E-state index in [2.05, 4.69) is 5.32 Å². The minimum absolute atomic E-state index is 0.0364. The van der Waals surface area contributed by atoms with Crippen molar-refractivity contribution in [3.63, 3.8) is 0 Å². The lowest BCUT2D eigenvalue weighted by molar-refractivity contribution is 0.0531. The highest BCUT2D eigenvalue weighted by molar-refractivity contribution is 7.19. The highest BCUT2D eigenvalue weighted by Crippen LogP contribution is 2.38. The van der Waals surface area contributed by atoms with Gasteiger partial charge in [0.25, 0.3) is 0 Å². The molecule has 0 radical (unpaired) electrons. The van der Waals surface area contributed by atoms with Crippen LogP contribution < -0.4 is 10.1 Å². The predicted octanol–water partition coefficient (Wildman–Crippen LogP) is 4.87. The van der Waals surface area contributed by atoms with E-state index in [-0.39, 0.29) is 11.7 Å². The molecule has 7 nitrogen and oxygen atoms in total. The third-order valence-corrected chi connectivity index (χ3v) is 6.04. The van der Waals surface area contributed by atoms with Gasteiger partial charge in [0.1, 0.15) is 16.4 Å². The fraction of sp³-hybridized carbons (Fsp3) is 0.217. The quantitative estimate of drug-likeness (QED) is 0.401. The molecule has 2 N–H and O–H groups in total. The Labute approximate surface area is 183 Å². The van der Waals surface area contributed by atoms with E-state index < -0.39 is 0 Å². The topological polar surface area (TPSA) is 85.1 Å². The van der Waals surface area contributed by atoms with E-state index in [0.717, 1.165) is 22.6 Å². The van der Waals surface area contributed by atoms with Gasteiger partial charge in [-0.25, -0.2) is 9.78 Å². The van der Waals surface area contributed by atoms with Crippen molar-refractivity contribution in [1.29, 1.82) is 0 Å². The van der Waals surface area contributed by atoms with Crippen molar-refractivity contribution >= 4 is 28.1 Å². The number of benzene rings is 2. The van der Waals surface area contributed by atoms with Crippen molar-refractivity contribution in [2.24, 2.45) is 0 Å². The largest absolute Gasteiger partial charge is 0.504 e. The number of aromatic nitrogens is 2. The second kappa shape index (κ2) is 8.69. The maximum atomic E-state index is 12.4. The zero-order valence-corrected chi connectivity index (χ0v) is 18.3. The molecule has 0 saturated heterocycles. The SMILES string of the molecule is CCOC(=O)c1sc2nc(-c3ccc(OC)c(O)c3)c(NCc3ccccc3)n2c1C. The summed E-state index contributed by atoms with van der Waals surface area (Å²) >= 11 is 1.29. The second-order valence-electron chi connectivity index (χ2n) is 6.89. The fourth-order valence-electron chi connectivity index (χ4n) is 3.42. The molecule has 0 atom stereocenters. The standard InChI is InChI=1S/C23H23N3O4S/c1-4-30-22(28)20-14(2)26-21(24-13-15-8-6-5-7-9-15)19(25-23(26)31-20)16-10-11-18(29-3)17(27)12-16/h5-12,24,27H,4,13H2,1-3H3. The number of aryl methyl sites for hydroxylation is 1. The number of esters is 1. The van der Waals surface area contributed by atoms with Crippen molar-refractivity contribution in [3.8, 4) is 22.8 Å². The third-order valence-electron chi connectivity index (χ3n) is 4.92. The predicted molar refractivity (Wildman–Crippen MR) is 121 cm³/mol.